The number of hydrogen-bond acceptors (Lipinski definition) is 2. The summed E-state index contributed by atoms with van der Waals surface area (Å²) in [6.45, 7) is 0. The Morgan fingerprint density at radius 3 is 2.50 bits per heavy atom. The summed E-state index contributed by atoms with van der Waals surface area (Å²) in [6.07, 6.45) is 1.10. The molecule has 0 radical (unpaired) electrons. The van der Waals surface area contributed by atoms with Gasteiger partial charge in [0, 0.05) is 18.7 Å². The fourth-order valence-corrected chi connectivity index (χ4v) is 1.94. The van der Waals surface area contributed by atoms with Crippen molar-refractivity contribution in [3.05, 3.63) is 35.4 Å². The van der Waals surface area contributed by atoms with E-state index >= 15 is 0 Å². The number of carbonyl (C=O) groups is 1. The van der Waals surface area contributed by atoms with Crippen molar-refractivity contribution in [2.24, 2.45) is 5.84 Å². The Bertz CT molecular complexity index is 442. The van der Waals surface area contributed by atoms with Gasteiger partial charge in [-0.15, -0.1) is 0 Å². The lowest BCUT2D eigenvalue weighted by molar-refractivity contribution is -0.132. The first-order valence-corrected chi connectivity index (χ1v) is 4.96. The molecule has 0 bridgehead atoms. The van der Waals surface area contributed by atoms with Crippen molar-refractivity contribution in [2.45, 2.75) is 18.3 Å². The van der Waals surface area contributed by atoms with Crippen LogP contribution in [-0.4, -0.2) is 18.0 Å². The maximum atomic E-state index is 13.6. The Morgan fingerprint density at radius 2 is 2.06 bits per heavy atom. The van der Waals surface area contributed by atoms with Crippen molar-refractivity contribution in [1.82, 2.24) is 5.01 Å². The Kier molecular flexibility index (Phi) is 2.42. The van der Waals surface area contributed by atoms with Crippen LogP contribution in [0.25, 0.3) is 0 Å². The molecular formula is C11H12F2N2O. The molecule has 1 fully saturated rings. The molecule has 0 aromatic heterocycles. The zero-order valence-electron chi connectivity index (χ0n) is 8.84. The Balaban J connectivity index is 2.41. The van der Waals surface area contributed by atoms with Crippen LogP contribution in [0.1, 0.15) is 18.4 Å². The zero-order chi connectivity index (χ0) is 11.9. The zero-order valence-corrected chi connectivity index (χ0v) is 8.84. The molecule has 1 saturated carbocycles. The van der Waals surface area contributed by atoms with E-state index in [9.17, 15) is 13.6 Å². The molecule has 0 aliphatic heterocycles. The van der Waals surface area contributed by atoms with Crippen LogP contribution < -0.4 is 5.84 Å². The minimum Gasteiger partial charge on any atom is -0.283 e. The Morgan fingerprint density at radius 1 is 1.44 bits per heavy atom. The summed E-state index contributed by atoms with van der Waals surface area (Å²) in [5.74, 6) is 3.70. The van der Waals surface area contributed by atoms with Gasteiger partial charge in [-0.05, 0) is 18.9 Å². The molecule has 0 unspecified atom stereocenters. The van der Waals surface area contributed by atoms with Crippen LogP contribution in [0, 0.1) is 11.6 Å². The fraction of sp³-hybridized carbons (Fsp3) is 0.364. The fourth-order valence-electron chi connectivity index (χ4n) is 1.94. The summed E-state index contributed by atoms with van der Waals surface area (Å²) in [7, 11) is 1.42. The highest BCUT2D eigenvalue weighted by Gasteiger charge is 2.53. The van der Waals surface area contributed by atoms with Crippen LogP contribution >= 0.6 is 0 Å². The molecule has 0 heterocycles. The van der Waals surface area contributed by atoms with Crippen molar-refractivity contribution >= 4 is 5.91 Å². The van der Waals surface area contributed by atoms with E-state index in [1.807, 2.05) is 0 Å². The normalized spacial score (nSPS) is 17.0. The number of hydrogen-bond donors (Lipinski definition) is 1. The third kappa shape index (κ3) is 1.57. The van der Waals surface area contributed by atoms with Crippen molar-refractivity contribution in [3.8, 4) is 0 Å². The lowest BCUT2D eigenvalue weighted by atomic mass is 9.94. The number of rotatable bonds is 2. The molecule has 0 spiro atoms. The molecule has 86 valence electrons. The number of nitrogens with zero attached hydrogens (tertiary/aromatic N) is 1. The lowest BCUT2D eigenvalue weighted by Crippen LogP contribution is -2.41. The van der Waals surface area contributed by atoms with Crippen LogP contribution in [0.3, 0.4) is 0 Å². The molecule has 2 rings (SSSR count). The third-order valence-corrected chi connectivity index (χ3v) is 2.93. The minimum absolute atomic E-state index is 0.233. The third-order valence-electron chi connectivity index (χ3n) is 2.93. The maximum absolute atomic E-state index is 13.6. The summed E-state index contributed by atoms with van der Waals surface area (Å²) < 4.78 is 26.3. The molecule has 1 aromatic carbocycles. The summed E-state index contributed by atoms with van der Waals surface area (Å²) in [5.41, 5.74) is -0.641. The molecule has 0 saturated heterocycles. The molecule has 1 aromatic rings. The summed E-state index contributed by atoms with van der Waals surface area (Å²) in [6, 6.07) is 3.26. The van der Waals surface area contributed by atoms with E-state index in [-0.39, 0.29) is 11.5 Å². The van der Waals surface area contributed by atoms with Gasteiger partial charge in [-0.25, -0.2) is 14.6 Å². The van der Waals surface area contributed by atoms with E-state index in [0.717, 1.165) is 17.1 Å². The van der Waals surface area contributed by atoms with Crippen LogP contribution in [0.15, 0.2) is 18.2 Å². The predicted molar refractivity (Wildman–Crippen MR) is 54.2 cm³/mol. The molecule has 1 aliphatic rings. The SMILES string of the molecule is CN(N)C(=O)C1(c2ccc(F)cc2F)CC1. The highest BCUT2D eigenvalue weighted by Crippen LogP contribution is 2.50. The van der Waals surface area contributed by atoms with Crippen LogP contribution in [0.4, 0.5) is 8.78 Å². The number of halogens is 2. The molecule has 2 N–H and O–H groups in total. The maximum Gasteiger partial charge on any atom is 0.246 e. The molecular weight excluding hydrogens is 214 g/mol. The van der Waals surface area contributed by atoms with Crippen molar-refractivity contribution < 1.29 is 13.6 Å². The van der Waals surface area contributed by atoms with Gasteiger partial charge in [-0.2, -0.15) is 0 Å². The van der Waals surface area contributed by atoms with Crippen LogP contribution in [-0.2, 0) is 10.2 Å². The van der Waals surface area contributed by atoms with Crippen molar-refractivity contribution in [3.63, 3.8) is 0 Å². The number of benzene rings is 1. The number of amides is 1. The van der Waals surface area contributed by atoms with E-state index in [4.69, 9.17) is 5.84 Å². The Labute approximate surface area is 91.8 Å². The van der Waals surface area contributed by atoms with E-state index in [1.54, 1.807) is 0 Å². The van der Waals surface area contributed by atoms with Crippen molar-refractivity contribution in [2.75, 3.05) is 7.05 Å². The minimum atomic E-state index is -0.874. The lowest BCUT2D eigenvalue weighted by Gasteiger charge is -2.20. The molecule has 16 heavy (non-hydrogen) atoms. The second kappa shape index (κ2) is 3.52. The number of carbonyl (C=O) groups excluding carboxylic acids is 1. The second-order valence-corrected chi connectivity index (χ2v) is 4.12. The van der Waals surface area contributed by atoms with Gasteiger partial charge in [-0.3, -0.25) is 9.80 Å². The molecule has 3 nitrogen and oxygen atoms in total. The first-order chi connectivity index (χ1) is 7.47. The average Bonchev–Trinajstić information content (AvgIpc) is 2.97. The highest BCUT2D eigenvalue weighted by atomic mass is 19.1. The van der Waals surface area contributed by atoms with Crippen molar-refractivity contribution in [1.29, 1.82) is 0 Å². The monoisotopic (exact) mass is 226 g/mol. The Hall–Kier alpha value is -1.49. The van der Waals surface area contributed by atoms with Gasteiger partial charge in [0.25, 0.3) is 0 Å². The number of likely N-dealkylation sites (N-methyl/N-ethyl adjacent to an activating group) is 1. The van der Waals surface area contributed by atoms with E-state index in [0.29, 0.717) is 12.8 Å². The van der Waals surface area contributed by atoms with Crippen LogP contribution in [0.2, 0.25) is 0 Å². The number of hydrazine groups is 1. The quantitative estimate of drug-likeness (QED) is 0.470. The standard InChI is InChI=1S/C11H12F2N2O/c1-15(14)10(16)11(4-5-11)8-3-2-7(12)6-9(8)13/h2-3,6H,4-5,14H2,1H3. The molecule has 5 heteroatoms. The second-order valence-electron chi connectivity index (χ2n) is 4.12. The predicted octanol–water partition coefficient (Wildman–Crippen LogP) is 1.33. The molecule has 1 aliphatic carbocycles. The average molecular weight is 226 g/mol. The van der Waals surface area contributed by atoms with E-state index in [2.05, 4.69) is 0 Å². The van der Waals surface area contributed by atoms with Gasteiger partial charge < -0.3 is 0 Å². The van der Waals surface area contributed by atoms with Gasteiger partial charge in [0.05, 0.1) is 5.41 Å². The van der Waals surface area contributed by atoms with Gasteiger partial charge in [-0.1, -0.05) is 6.07 Å². The summed E-state index contributed by atoms with van der Waals surface area (Å²) >= 11 is 0. The van der Waals surface area contributed by atoms with E-state index < -0.39 is 17.0 Å². The van der Waals surface area contributed by atoms with Gasteiger partial charge in [0.15, 0.2) is 0 Å². The topological polar surface area (TPSA) is 46.3 Å². The largest absolute Gasteiger partial charge is 0.283 e. The van der Waals surface area contributed by atoms with Crippen LogP contribution in [0.5, 0.6) is 0 Å². The van der Waals surface area contributed by atoms with Gasteiger partial charge >= 0.3 is 0 Å². The number of nitrogens with two attached hydrogens (primary N) is 1. The first kappa shape index (κ1) is 11.0. The van der Waals surface area contributed by atoms with Gasteiger partial charge in [0.2, 0.25) is 5.91 Å². The first-order valence-electron chi connectivity index (χ1n) is 4.96. The smallest absolute Gasteiger partial charge is 0.246 e. The highest BCUT2D eigenvalue weighted by molar-refractivity contribution is 5.90. The summed E-state index contributed by atoms with van der Waals surface area (Å²) in [5, 5.41) is 0.954. The molecule has 0 atom stereocenters. The molecule has 1 amide bonds. The van der Waals surface area contributed by atoms with Gasteiger partial charge in [0.1, 0.15) is 11.6 Å². The van der Waals surface area contributed by atoms with E-state index in [1.165, 1.54) is 13.1 Å². The summed E-state index contributed by atoms with van der Waals surface area (Å²) in [4.78, 5) is 11.8.